The first-order chi connectivity index (χ1) is 6.74. The number of carbonyl (C=O) groups excluding carboxylic acids is 1. The van der Waals surface area contributed by atoms with E-state index in [0.717, 1.165) is 12.5 Å². The second-order valence-corrected chi connectivity index (χ2v) is 3.88. The number of ether oxygens (including phenoxy) is 1. The van der Waals surface area contributed by atoms with Gasteiger partial charge in [-0.15, -0.1) is 0 Å². The van der Waals surface area contributed by atoms with Gasteiger partial charge in [-0.25, -0.2) is 0 Å². The topological polar surface area (TPSA) is 26.3 Å². The van der Waals surface area contributed by atoms with E-state index in [-0.39, 0.29) is 5.92 Å². The summed E-state index contributed by atoms with van der Waals surface area (Å²) in [6.07, 6.45) is 2.00. The molecule has 0 aromatic rings. The molecular formula is C11H11HgO2. The molecule has 1 atom stereocenters. The number of esters is 1. The van der Waals surface area contributed by atoms with Crippen LogP contribution in [-0.4, -0.2) is 12.6 Å². The van der Waals surface area contributed by atoms with Crippen molar-refractivity contribution in [3.8, 4) is 21.2 Å². The molecule has 0 aliphatic carbocycles. The summed E-state index contributed by atoms with van der Waals surface area (Å²) >= 11 is 0.482. The molecule has 3 heteroatoms. The maximum absolute atomic E-state index is 10.8. The fraction of sp³-hybridized carbons (Fsp3) is 0.364. The van der Waals surface area contributed by atoms with Gasteiger partial charge in [-0.3, -0.25) is 0 Å². The Morgan fingerprint density at radius 1 is 1.64 bits per heavy atom. The molecule has 0 aliphatic heterocycles. The summed E-state index contributed by atoms with van der Waals surface area (Å²) in [7, 11) is 0. The molecule has 0 N–H and O–H groups in total. The molecule has 0 aromatic carbocycles. The molecular weight excluding hydrogens is 365 g/mol. The zero-order valence-corrected chi connectivity index (χ0v) is 13.8. The van der Waals surface area contributed by atoms with Gasteiger partial charge < -0.3 is 0 Å². The third-order valence-electron chi connectivity index (χ3n) is 1.51. The normalized spacial score (nSPS) is 9.93. The first-order valence-electron chi connectivity index (χ1n) is 4.31. The second-order valence-electron chi connectivity index (χ2n) is 2.51. The van der Waals surface area contributed by atoms with E-state index in [2.05, 4.69) is 27.8 Å². The van der Waals surface area contributed by atoms with Crippen LogP contribution in [0.15, 0.2) is 12.7 Å². The van der Waals surface area contributed by atoms with Crippen molar-refractivity contribution in [1.82, 2.24) is 0 Å². The Bertz CT molecular complexity index is 312. The van der Waals surface area contributed by atoms with Crippen molar-refractivity contribution < 1.29 is 35.7 Å². The van der Waals surface area contributed by atoms with Crippen LogP contribution >= 0.6 is 0 Å². The van der Waals surface area contributed by atoms with Crippen molar-refractivity contribution in [3.05, 3.63) is 12.7 Å². The molecule has 1 unspecified atom stereocenters. The van der Waals surface area contributed by atoms with E-state index < -0.39 is 5.97 Å². The molecule has 0 fully saturated rings. The molecule has 0 spiro atoms. The van der Waals surface area contributed by atoms with Crippen molar-refractivity contribution >= 4 is 5.97 Å². The maximum atomic E-state index is 10.8. The molecule has 0 saturated heterocycles. The van der Waals surface area contributed by atoms with Crippen molar-refractivity contribution in [1.29, 1.82) is 0 Å². The van der Waals surface area contributed by atoms with Gasteiger partial charge in [0.25, 0.3) is 0 Å². The fourth-order valence-corrected chi connectivity index (χ4v) is 1.03. The number of hydrogen-bond donors (Lipinski definition) is 0. The summed E-state index contributed by atoms with van der Waals surface area (Å²) < 4.78 is 7.75. The standard InChI is InChI=1S/C11H11O2.Hg/c1-4-7-8-10(5-2)9-13-11(12)6-3;/h6,10H,3,5,9H2,2H3;. The molecule has 0 bridgehead atoms. The fourth-order valence-electron chi connectivity index (χ4n) is 0.686. The molecule has 0 rings (SSSR count). The van der Waals surface area contributed by atoms with Crippen LogP contribution < -0.4 is 0 Å². The van der Waals surface area contributed by atoms with E-state index in [9.17, 15) is 4.79 Å². The monoisotopic (exact) mass is 377 g/mol. The van der Waals surface area contributed by atoms with Gasteiger partial charge in [0, 0.05) is 0 Å². The minimum atomic E-state index is -0.401. The summed E-state index contributed by atoms with van der Waals surface area (Å²) in [6.45, 7) is 5.63. The van der Waals surface area contributed by atoms with Gasteiger partial charge in [0.2, 0.25) is 0 Å². The van der Waals surface area contributed by atoms with Crippen molar-refractivity contribution in [2.45, 2.75) is 13.3 Å². The Balaban J connectivity index is 4.03. The van der Waals surface area contributed by atoms with Gasteiger partial charge in [0.05, 0.1) is 0 Å². The molecule has 0 saturated carbocycles. The van der Waals surface area contributed by atoms with Crippen LogP contribution in [0.1, 0.15) is 13.3 Å². The Kier molecular flexibility index (Phi) is 8.38. The zero-order chi connectivity index (χ0) is 10.8. The summed E-state index contributed by atoms with van der Waals surface area (Å²) in [5, 5.41) is 0. The third-order valence-corrected chi connectivity index (χ3v) is 2.20. The summed E-state index contributed by atoms with van der Waals surface area (Å²) in [4.78, 5) is 10.8. The van der Waals surface area contributed by atoms with E-state index in [1.807, 2.05) is 6.92 Å². The van der Waals surface area contributed by atoms with Gasteiger partial charge in [-0.05, 0) is 0 Å². The quantitative estimate of drug-likeness (QED) is 0.320. The molecule has 0 aliphatic rings. The molecule has 0 heterocycles. The van der Waals surface area contributed by atoms with Crippen LogP contribution in [0, 0.1) is 27.1 Å². The van der Waals surface area contributed by atoms with E-state index in [4.69, 9.17) is 4.74 Å². The van der Waals surface area contributed by atoms with E-state index >= 15 is 0 Å². The van der Waals surface area contributed by atoms with Crippen LogP contribution in [0.5, 0.6) is 0 Å². The number of hydrogen-bond acceptors (Lipinski definition) is 2. The minimum absolute atomic E-state index is 0.0769. The Morgan fingerprint density at radius 3 is 2.86 bits per heavy atom. The van der Waals surface area contributed by atoms with Crippen LogP contribution in [0.25, 0.3) is 0 Å². The summed E-state index contributed by atoms with van der Waals surface area (Å²) in [5.41, 5.74) is 0. The van der Waals surface area contributed by atoms with Gasteiger partial charge in [-0.1, -0.05) is 0 Å². The van der Waals surface area contributed by atoms with Crippen LogP contribution in [0.2, 0.25) is 0 Å². The van der Waals surface area contributed by atoms with Crippen LogP contribution in [0.3, 0.4) is 0 Å². The van der Waals surface area contributed by atoms with Gasteiger partial charge in [-0.2, -0.15) is 0 Å². The third kappa shape index (κ3) is 6.75. The van der Waals surface area contributed by atoms with Crippen molar-refractivity contribution in [2.24, 2.45) is 5.92 Å². The van der Waals surface area contributed by atoms with E-state index in [1.165, 1.54) is 0 Å². The van der Waals surface area contributed by atoms with Crippen molar-refractivity contribution in [3.63, 3.8) is 0 Å². The summed E-state index contributed by atoms with van der Waals surface area (Å²) in [6, 6.07) is 0. The summed E-state index contributed by atoms with van der Waals surface area (Å²) in [5.74, 6) is 8.10. The van der Waals surface area contributed by atoms with Gasteiger partial charge in [0.1, 0.15) is 0 Å². The van der Waals surface area contributed by atoms with Crippen molar-refractivity contribution in [2.75, 3.05) is 6.61 Å². The Morgan fingerprint density at radius 2 is 2.36 bits per heavy atom. The van der Waals surface area contributed by atoms with Crippen LogP contribution in [-0.2, 0) is 35.7 Å². The zero-order valence-electron chi connectivity index (χ0n) is 8.30. The predicted molar refractivity (Wildman–Crippen MR) is 50.5 cm³/mol. The second kappa shape index (κ2) is 8.85. The van der Waals surface area contributed by atoms with E-state index in [1.54, 1.807) is 0 Å². The molecule has 0 amide bonds. The predicted octanol–water partition coefficient (Wildman–Crippen LogP) is 1.25. The molecule has 0 aromatic heterocycles. The van der Waals surface area contributed by atoms with E-state index in [0.29, 0.717) is 32.7 Å². The average molecular weight is 376 g/mol. The first-order valence-corrected chi connectivity index (χ1v) is 7.06. The van der Waals surface area contributed by atoms with Gasteiger partial charge in [0.15, 0.2) is 0 Å². The van der Waals surface area contributed by atoms with Crippen LogP contribution in [0.4, 0.5) is 0 Å². The number of rotatable bonds is 4. The molecule has 2 nitrogen and oxygen atoms in total. The Hall–Kier alpha value is -0.735. The number of carbonyl (C=O) groups is 1. The first kappa shape index (κ1) is 13.3. The Labute approximate surface area is 101 Å². The molecule has 0 radical (unpaired) electrons. The molecule has 69 valence electrons. The van der Waals surface area contributed by atoms with Gasteiger partial charge >= 0.3 is 101 Å². The molecule has 14 heavy (non-hydrogen) atoms. The average Bonchev–Trinajstić information content (AvgIpc) is 2.22. The SMILES string of the molecule is C=CC(=O)OCC(C#CC#[C][Hg])CC.